The number of carbonyl (C=O) groups is 1. The first-order valence-electron chi connectivity index (χ1n) is 5.78. The zero-order valence-corrected chi connectivity index (χ0v) is 10.1. The van der Waals surface area contributed by atoms with Crippen molar-refractivity contribution in [3.8, 4) is 0 Å². The summed E-state index contributed by atoms with van der Waals surface area (Å²) in [7, 11) is 0. The van der Waals surface area contributed by atoms with E-state index in [9.17, 15) is 4.79 Å². The number of rotatable bonds is 3. The van der Waals surface area contributed by atoms with Gasteiger partial charge < -0.3 is 9.80 Å². The Hall–Kier alpha value is -1.84. The van der Waals surface area contributed by atoms with Crippen molar-refractivity contribution in [2.24, 2.45) is 0 Å². The van der Waals surface area contributed by atoms with Crippen molar-refractivity contribution in [2.45, 2.75) is 6.92 Å². The molecule has 4 nitrogen and oxygen atoms in total. The van der Waals surface area contributed by atoms with Gasteiger partial charge in [-0.15, -0.1) is 0 Å². The maximum atomic E-state index is 10.6. The lowest BCUT2D eigenvalue weighted by Crippen LogP contribution is -2.46. The number of anilines is 1. The van der Waals surface area contributed by atoms with Gasteiger partial charge in [-0.3, -0.25) is 4.79 Å². The molecule has 1 saturated heterocycles. The van der Waals surface area contributed by atoms with Gasteiger partial charge in [0.15, 0.2) is 0 Å². The molecule has 1 amide bonds. The van der Waals surface area contributed by atoms with E-state index in [1.807, 2.05) is 6.20 Å². The van der Waals surface area contributed by atoms with E-state index in [1.54, 1.807) is 11.0 Å². The van der Waals surface area contributed by atoms with Crippen molar-refractivity contribution in [1.82, 2.24) is 9.88 Å². The second-order valence-electron chi connectivity index (χ2n) is 4.24. The molecule has 1 aromatic rings. The number of pyridine rings is 1. The van der Waals surface area contributed by atoms with Crippen molar-refractivity contribution in [1.29, 1.82) is 0 Å². The minimum absolute atomic E-state index is 0.772. The first-order valence-corrected chi connectivity index (χ1v) is 5.78. The Morgan fingerprint density at radius 2 is 2.06 bits per heavy atom. The van der Waals surface area contributed by atoms with Gasteiger partial charge in [-0.25, -0.2) is 4.98 Å². The van der Waals surface area contributed by atoms with Crippen LogP contribution in [-0.4, -0.2) is 42.5 Å². The Labute approximate surface area is 102 Å². The Balaban J connectivity index is 2.13. The van der Waals surface area contributed by atoms with Crippen molar-refractivity contribution in [2.75, 3.05) is 31.1 Å². The van der Waals surface area contributed by atoms with Gasteiger partial charge in [-0.2, -0.15) is 0 Å². The van der Waals surface area contributed by atoms with Crippen molar-refractivity contribution < 1.29 is 4.79 Å². The molecule has 2 heterocycles. The Kier molecular flexibility index (Phi) is 3.42. The van der Waals surface area contributed by atoms with Crippen LogP contribution < -0.4 is 4.90 Å². The Bertz CT molecular complexity index is 423. The second-order valence-corrected chi connectivity index (χ2v) is 4.24. The van der Waals surface area contributed by atoms with Gasteiger partial charge >= 0.3 is 0 Å². The average molecular weight is 231 g/mol. The summed E-state index contributed by atoms with van der Waals surface area (Å²) in [5.74, 6) is 1.01. The van der Waals surface area contributed by atoms with Crippen LogP contribution in [0.2, 0.25) is 0 Å². The molecule has 0 unspecified atom stereocenters. The van der Waals surface area contributed by atoms with Crippen LogP contribution in [-0.2, 0) is 4.79 Å². The van der Waals surface area contributed by atoms with E-state index < -0.39 is 0 Å². The third-order valence-electron chi connectivity index (χ3n) is 3.07. The van der Waals surface area contributed by atoms with E-state index in [1.165, 1.54) is 0 Å². The molecule has 90 valence electrons. The average Bonchev–Trinajstić information content (AvgIpc) is 2.39. The molecule has 0 bridgehead atoms. The summed E-state index contributed by atoms with van der Waals surface area (Å²) in [5, 5.41) is 0. The van der Waals surface area contributed by atoms with Crippen LogP contribution in [0, 0.1) is 6.92 Å². The molecule has 0 spiro atoms. The van der Waals surface area contributed by atoms with Crippen molar-refractivity contribution in [3.05, 3.63) is 30.0 Å². The van der Waals surface area contributed by atoms with Crippen LogP contribution >= 0.6 is 0 Å². The molecule has 2 rings (SSSR count). The van der Waals surface area contributed by atoms with E-state index in [0.29, 0.717) is 0 Å². The number of amides is 1. The van der Waals surface area contributed by atoms with Crippen LogP contribution in [0.3, 0.4) is 0 Å². The number of hydrogen-bond acceptors (Lipinski definition) is 3. The summed E-state index contributed by atoms with van der Waals surface area (Å²) in [6, 6.07) is 2.08. The summed E-state index contributed by atoms with van der Waals surface area (Å²) in [5.41, 5.74) is 2.19. The zero-order chi connectivity index (χ0) is 12.3. The molecule has 17 heavy (non-hydrogen) atoms. The third kappa shape index (κ3) is 2.46. The summed E-state index contributed by atoms with van der Waals surface area (Å²) < 4.78 is 0. The van der Waals surface area contributed by atoms with Gasteiger partial charge in [0.1, 0.15) is 5.82 Å². The van der Waals surface area contributed by atoms with E-state index in [-0.39, 0.29) is 0 Å². The fourth-order valence-electron chi connectivity index (χ4n) is 2.07. The maximum Gasteiger partial charge on any atom is 0.209 e. The molecule has 0 aliphatic carbocycles. The third-order valence-corrected chi connectivity index (χ3v) is 3.07. The van der Waals surface area contributed by atoms with Gasteiger partial charge in [-0.1, -0.05) is 12.7 Å². The number of aryl methyl sites for hydroxylation is 1. The minimum Gasteiger partial charge on any atom is -0.353 e. The zero-order valence-electron chi connectivity index (χ0n) is 10.1. The highest BCUT2D eigenvalue weighted by molar-refractivity contribution is 5.55. The number of piperazine rings is 1. The molecule has 1 aliphatic rings. The summed E-state index contributed by atoms with van der Waals surface area (Å²) in [4.78, 5) is 19.1. The molecular formula is C13H17N3O. The fraction of sp³-hybridized carbons (Fsp3) is 0.385. The molecule has 0 saturated carbocycles. The minimum atomic E-state index is 0.772. The summed E-state index contributed by atoms with van der Waals surface area (Å²) in [6.45, 7) is 9.03. The van der Waals surface area contributed by atoms with Crippen LogP contribution in [0.25, 0.3) is 6.08 Å². The predicted octanol–water partition coefficient (Wildman–Crippen LogP) is 1.31. The van der Waals surface area contributed by atoms with E-state index in [2.05, 4.69) is 29.5 Å². The fourth-order valence-corrected chi connectivity index (χ4v) is 2.07. The van der Waals surface area contributed by atoms with Crippen molar-refractivity contribution >= 4 is 18.3 Å². The summed E-state index contributed by atoms with van der Waals surface area (Å²) >= 11 is 0. The lowest BCUT2D eigenvalue weighted by Gasteiger charge is -2.34. The number of carbonyl (C=O) groups excluding carboxylic acids is 1. The van der Waals surface area contributed by atoms with Gasteiger partial charge in [0.25, 0.3) is 0 Å². The lowest BCUT2D eigenvalue weighted by atomic mass is 10.2. The molecule has 0 aromatic carbocycles. The van der Waals surface area contributed by atoms with Crippen LogP contribution in [0.15, 0.2) is 18.8 Å². The molecule has 1 fully saturated rings. The molecule has 0 atom stereocenters. The smallest absolute Gasteiger partial charge is 0.209 e. The van der Waals surface area contributed by atoms with E-state index >= 15 is 0 Å². The van der Waals surface area contributed by atoms with Crippen LogP contribution in [0.5, 0.6) is 0 Å². The second kappa shape index (κ2) is 4.99. The standard InChI is InChI=1S/C13H17N3O/c1-3-12-8-11(2)13(14-9-12)16-6-4-15(10-17)5-7-16/h3,8-10H,1,4-7H2,2H3. The van der Waals surface area contributed by atoms with Crippen LogP contribution in [0.1, 0.15) is 11.1 Å². The predicted molar refractivity (Wildman–Crippen MR) is 68.9 cm³/mol. The largest absolute Gasteiger partial charge is 0.353 e. The van der Waals surface area contributed by atoms with Gasteiger partial charge in [0.2, 0.25) is 6.41 Å². The van der Waals surface area contributed by atoms with Gasteiger partial charge in [-0.05, 0) is 24.1 Å². The number of nitrogens with zero attached hydrogens (tertiary/aromatic N) is 3. The van der Waals surface area contributed by atoms with Gasteiger partial charge in [0.05, 0.1) is 0 Å². The highest BCUT2D eigenvalue weighted by atomic mass is 16.1. The normalized spacial score (nSPS) is 15.8. The maximum absolute atomic E-state index is 10.6. The number of hydrogen-bond donors (Lipinski definition) is 0. The van der Waals surface area contributed by atoms with Gasteiger partial charge in [0, 0.05) is 32.4 Å². The Morgan fingerprint density at radius 1 is 1.35 bits per heavy atom. The number of aromatic nitrogens is 1. The molecular weight excluding hydrogens is 214 g/mol. The van der Waals surface area contributed by atoms with Crippen molar-refractivity contribution in [3.63, 3.8) is 0 Å². The molecule has 1 aromatic heterocycles. The van der Waals surface area contributed by atoms with Crippen LogP contribution in [0.4, 0.5) is 5.82 Å². The molecule has 0 N–H and O–H groups in total. The molecule has 1 aliphatic heterocycles. The molecule has 4 heteroatoms. The molecule has 0 radical (unpaired) electrons. The SMILES string of the molecule is C=Cc1cnc(N2CCN(C=O)CC2)c(C)c1. The monoisotopic (exact) mass is 231 g/mol. The highest BCUT2D eigenvalue weighted by Crippen LogP contribution is 2.19. The quantitative estimate of drug-likeness (QED) is 0.736. The van der Waals surface area contributed by atoms with E-state index in [0.717, 1.165) is 49.5 Å². The first-order chi connectivity index (χ1) is 8.24. The lowest BCUT2D eigenvalue weighted by molar-refractivity contribution is -0.118. The Morgan fingerprint density at radius 3 is 2.59 bits per heavy atom. The van der Waals surface area contributed by atoms with E-state index in [4.69, 9.17) is 0 Å². The summed E-state index contributed by atoms with van der Waals surface area (Å²) in [6.07, 6.45) is 4.55. The highest BCUT2D eigenvalue weighted by Gasteiger charge is 2.17. The topological polar surface area (TPSA) is 36.4 Å². The first kappa shape index (κ1) is 11.6.